The fourth-order valence-electron chi connectivity index (χ4n) is 1.63. The van der Waals surface area contributed by atoms with Crippen molar-refractivity contribution in [2.75, 3.05) is 7.11 Å². The highest BCUT2D eigenvalue weighted by Gasteiger charge is 2.27. The molecular weight excluding hydrogens is 214 g/mol. The number of ether oxygens (including phenoxy) is 1. The molecule has 0 amide bonds. The van der Waals surface area contributed by atoms with Gasteiger partial charge in [-0.15, -0.1) is 0 Å². The highest BCUT2D eigenvalue weighted by atomic mass is 35.5. The molecule has 2 N–H and O–H groups in total. The van der Waals surface area contributed by atoms with Crippen LogP contribution in [0.2, 0.25) is 5.02 Å². The van der Waals surface area contributed by atoms with E-state index < -0.39 is 7.12 Å². The van der Waals surface area contributed by atoms with Crippen molar-refractivity contribution in [3.05, 3.63) is 22.7 Å². The third-order valence-corrected chi connectivity index (χ3v) is 3.04. The van der Waals surface area contributed by atoms with Crippen molar-refractivity contribution in [3.63, 3.8) is 0 Å². The Morgan fingerprint density at radius 2 is 2.07 bits per heavy atom. The van der Waals surface area contributed by atoms with Gasteiger partial charge in [-0.05, 0) is 30.4 Å². The lowest BCUT2D eigenvalue weighted by Crippen LogP contribution is -2.31. The lowest BCUT2D eigenvalue weighted by Gasteiger charge is -2.11. The third-order valence-electron chi connectivity index (χ3n) is 2.64. The smallest absolute Gasteiger partial charge is 0.490 e. The Bertz CT molecular complexity index is 377. The van der Waals surface area contributed by atoms with Gasteiger partial charge in [-0.2, -0.15) is 0 Å². The fourth-order valence-corrected chi connectivity index (χ4v) is 1.91. The van der Waals surface area contributed by atoms with E-state index in [0.717, 1.165) is 18.4 Å². The van der Waals surface area contributed by atoms with Gasteiger partial charge in [0, 0.05) is 5.46 Å². The Labute approximate surface area is 93.8 Å². The van der Waals surface area contributed by atoms with Gasteiger partial charge in [0.05, 0.1) is 12.1 Å². The maximum Gasteiger partial charge on any atom is 0.490 e. The van der Waals surface area contributed by atoms with E-state index in [1.54, 1.807) is 6.07 Å². The molecule has 3 nitrogen and oxygen atoms in total. The SMILES string of the molecule is COc1cc(C2CC2)cc(B(O)O)c1Cl. The second kappa shape index (κ2) is 4.04. The van der Waals surface area contributed by atoms with Gasteiger partial charge in [0.15, 0.2) is 0 Å². The van der Waals surface area contributed by atoms with Crippen LogP contribution in [0.15, 0.2) is 12.1 Å². The zero-order valence-corrected chi connectivity index (χ0v) is 9.16. The number of rotatable bonds is 3. The summed E-state index contributed by atoms with van der Waals surface area (Å²) in [5.41, 5.74) is 1.39. The Morgan fingerprint density at radius 1 is 1.40 bits per heavy atom. The quantitative estimate of drug-likeness (QED) is 0.753. The molecule has 1 aromatic rings. The van der Waals surface area contributed by atoms with Crippen LogP contribution in [0.3, 0.4) is 0 Å². The van der Waals surface area contributed by atoms with Crippen LogP contribution >= 0.6 is 11.6 Å². The van der Waals surface area contributed by atoms with Crippen molar-refractivity contribution in [3.8, 4) is 5.75 Å². The summed E-state index contributed by atoms with van der Waals surface area (Å²) in [5, 5.41) is 18.6. The second-order valence-electron chi connectivity index (χ2n) is 3.77. The number of halogens is 1. The average molecular weight is 226 g/mol. The predicted molar refractivity (Wildman–Crippen MR) is 59.8 cm³/mol. The van der Waals surface area contributed by atoms with E-state index in [-0.39, 0.29) is 5.02 Å². The Hall–Kier alpha value is -0.705. The molecule has 5 heteroatoms. The van der Waals surface area contributed by atoms with Crippen molar-refractivity contribution >= 4 is 24.2 Å². The van der Waals surface area contributed by atoms with Crippen LogP contribution < -0.4 is 10.2 Å². The summed E-state index contributed by atoms with van der Waals surface area (Å²) in [6, 6.07) is 3.61. The van der Waals surface area contributed by atoms with E-state index in [0.29, 0.717) is 17.1 Å². The van der Waals surface area contributed by atoms with E-state index in [1.807, 2.05) is 6.07 Å². The molecule has 0 spiro atoms. The van der Waals surface area contributed by atoms with Gasteiger partial charge in [-0.1, -0.05) is 17.7 Å². The maximum absolute atomic E-state index is 9.17. The van der Waals surface area contributed by atoms with Crippen molar-refractivity contribution in [1.82, 2.24) is 0 Å². The minimum atomic E-state index is -1.55. The number of hydrogen-bond acceptors (Lipinski definition) is 3. The van der Waals surface area contributed by atoms with Crippen molar-refractivity contribution in [2.45, 2.75) is 18.8 Å². The highest BCUT2D eigenvalue weighted by molar-refractivity contribution is 6.63. The van der Waals surface area contributed by atoms with Crippen LogP contribution in [0.4, 0.5) is 0 Å². The van der Waals surface area contributed by atoms with Crippen molar-refractivity contribution in [2.24, 2.45) is 0 Å². The minimum Gasteiger partial charge on any atom is -0.495 e. The molecular formula is C10H12BClO3. The Morgan fingerprint density at radius 3 is 2.53 bits per heavy atom. The summed E-state index contributed by atoms with van der Waals surface area (Å²) in [7, 11) is -0.0316. The summed E-state index contributed by atoms with van der Waals surface area (Å²) in [5.74, 6) is 1.03. The van der Waals surface area contributed by atoms with E-state index in [9.17, 15) is 0 Å². The molecule has 1 saturated carbocycles. The van der Waals surface area contributed by atoms with Crippen LogP contribution in [0.5, 0.6) is 5.75 Å². The van der Waals surface area contributed by atoms with Gasteiger partial charge in [0.25, 0.3) is 0 Å². The monoisotopic (exact) mass is 226 g/mol. The lowest BCUT2D eigenvalue weighted by atomic mass is 9.79. The number of hydrogen-bond donors (Lipinski definition) is 2. The minimum absolute atomic E-state index is 0.275. The predicted octanol–water partition coefficient (Wildman–Crippen LogP) is 0.906. The fraction of sp³-hybridized carbons (Fsp3) is 0.400. The van der Waals surface area contributed by atoms with Gasteiger partial charge < -0.3 is 14.8 Å². The van der Waals surface area contributed by atoms with E-state index >= 15 is 0 Å². The molecule has 0 radical (unpaired) electrons. The van der Waals surface area contributed by atoms with Crippen LogP contribution in [0.1, 0.15) is 24.3 Å². The van der Waals surface area contributed by atoms with Gasteiger partial charge in [-0.25, -0.2) is 0 Å². The first-order valence-electron chi connectivity index (χ1n) is 4.87. The molecule has 0 unspecified atom stereocenters. The van der Waals surface area contributed by atoms with Crippen LogP contribution in [-0.2, 0) is 0 Å². The molecule has 0 heterocycles. The van der Waals surface area contributed by atoms with Gasteiger partial charge in [-0.3, -0.25) is 0 Å². The Balaban J connectivity index is 2.47. The molecule has 0 aliphatic heterocycles. The van der Waals surface area contributed by atoms with Gasteiger partial charge in [0.1, 0.15) is 5.75 Å². The summed E-state index contributed by atoms with van der Waals surface area (Å²) in [6.45, 7) is 0. The molecule has 1 aromatic carbocycles. The summed E-state index contributed by atoms with van der Waals surface area (Å²) in [4.78, 5) is 0. The molecule has 0 bridgehead atoms. The first-order chi connectivity index (χ1) is 7.13. The molecule has 1 aliphatic rings. The summed E-state index contributed by atoms with van der Waals surface area (Å²) < 4.78 is 5.10. The molecule has 1 fully saturated rings. The molecule has 15 heavy (non-hydrogen) atoms. The largest absolute Gasteiger partial charge is 0.495 e. The molecule has 0 atom stereocenters. The first-order valence-corrected chi connectivity index (χ1v) is 5.24. The second-order valence-corrected chi connectivity index (χ2v) is 4.15. The third kappa shape index (κ3) is 2.12. The molecule has 0 saturated heterocycles. The highest BCUT2D eigenvalue weighted by Crippen LogP contribution is 2.41. The van der Waals surface area contributed by atoms with E-state index in [2.05, 4.69) is 0 Å². The maximum atomic E-state index is 9.17. The topological polar surface area (TPSA) is 49.7 Å². The average Bonchev–Trinajstić information content (AvgIpc) is 3.01. The number of benzene rings is 1. The lowest BCUT2D eigenvalue weighted by molar-refractivity contribution is 0.411. The first kappa shape index (κ1) is 10.8. The standard InChI is InChI=1S/C10H12BClO3/c1-15-9-5-7(6-2-3-6)4-8(10(9)12)11(13)14/h4-6,13-14H,2-3H2,1H3. The van der Waals surface area contributed by atoms with E-state index in [4.69, 9.17) is 26.4 Å². The molecule has 1 aliphatic carbocycles. The van der Waals surface area contributed by atoms with Crippen molar-refractivity contribution in [1.29, 1.82) is 0 Å². The molecule has 80 valence electrons. The van der Waals surface area contributed by atoms with Gasteiger partial charge in [0.2, 0.25) is 0 Å². The van der Waals surface area contributed by atoms with Crippen LogP contribution in [0, 0.1) is 0 Å². The van der Waals surface area contributed by atoms with E-state index in [1.165, 1.54) is 7.11 Å². The molecule has 2 rings (SSSR count). The summed E-state index contributed by atoms with van der Waals surface area (Å²) in [6.07, 6.45) is 2.29. The van der Waals surface area contributed by atoms with Crippen LogP contribution in [-0.4, -0.2) is 24.3 Å². The zero-order chi connectivity index (χ0) is 11.0. The summed E-state index contributed by atoms with van der Waals surface area (Å²) >= 11 is 5.96. The number of methoxy groups -OCH3 is 1. The van der Waals surface area contributed by atoms with Crippen LogP contribution in [0.25, 0.3) is 0 Å². The zero-order valence-electron chi connectivity index (χ0n) is 8.40. The Kier molecular flexibility index (Phi) is 2.91. The van der Waals surface area contributed by atoms with Crippen molar-refractivity contribution < 1.29 is 14.8 Å². The van der Waals surface area contributed by atoms with Gasteiger partial charge >= 0.3 is 7.12 Å². The normalized spacial score (nSPS) is 15.2. The molecule has 0 aromatic heterocycles.